The van der Waals surface area contributed by atoms with Crippen LogP contribution < -0.4 is 0 Å². The summed E-state index contributed by atoms with van der Waals surface area (Å²) < 4.78 is 95.7. The molecule has 0 N–H and O–H groups in total. The Labute approximate surface area is 216 Å². The second-order valence-corrected chi connectivity index (χ2v) is 9.28. The van der Waals surface area contributed by atoms with Crippen molar-refractivity contribution in [3.8, 4) is 0 Å². The van der Waals surface area contributed by atoms with Gasteiger partial charge in [-0.2, -0.15) is 13.2 Å². The molecular formula is C31H25F7. The van der Waals surface area contributed by atoms with E-state index in [2.05, 4.69) is 6.58 Å². The first kappa shape index (κ1) is 27.4. The van der Waals surface area contributed by atoms with Crippen molar-refractivity contribution in [1.82, 2.24) is 0 Å². The molecule has 198 valence electrons. The largest absolute Gasteiger partial charge is 0.422 e. The Balaban J connectivity index is 1.45. The van der Waals surface area contributed by atoms with Crippen LogP contribution in [0.1, 0.15) is 39.8 Å². The van der Waals surface area contributed by atoms with Gasteiger partial charge in [0.25, 0.3) is 0 Å². The van der Waals surface area contributed by atoms with E-state index in [1.807, 2.05) is 12.1 Å². The van der Waals surface area contributed by atoms with E-state index in [-0.39, 0.29) is 29.8 Å². The van der Waals surface area contributed by atoms with Crippen molar-refractivity contribution in [3.05, 3.63) is 130 Å². The Morgan fingerprint density at radius 3 is 1.84 bits per heavy atom. The quantitative estimate of drug-likeness (QED) is 0.150. The average Bonchev–Trinajstić information content (AvgIpc) is 2.85. The fraction of sp³-hybridized carbons (Fsp3) is 0.226. The molecule has 4 aromatic rings. The Kier molecular flexibility index (Phi) is 8.24. The summed E-state index contributed by atoms with van der Waals surface area (Å²) in [4.78, 5) is 0. The highest BCUT2D eigenvalue weighted by Crippen LogP contribution is 2.34. The summed E-state index contributed by atoms with van der Waals surface area (Å²) in [6, 6.07) is 15.0. The zero-order chi connectivity index (χ0) is 27.4. The minimum atomic E-state index is -5.14. The molecule has 0 atom stereocenters. The summed E-state index contributed by atoms with van der Waals surface area (Å²) >= 11 is 0. The lowest BCUT2D eigenvalue weighted by molar-refractivity contribution is -0.142. The van der Waals surface area contributed by atoms with E-state index in [9.17, 15) is 26.3 Å². The number of hydrogen-bond acceptors (Lipinski definition) is 0. The average molecular weight is 531 g/mol. The van der Waals surface area contributed by atoms with Crippen molar-refractivity contribution in [2.45, 2.75) is 44.7 Å². The van der Waals surface area contributed by atoms with Crippen molar-refractivity contribution in [2.75, 3.05) is 0 Å². The first-order chi connectivity index (χ1) is 18.1. The van der Waals surface area contributed by atoms with Crippen LogP contribution >= 0.6 is 0 Å². The van der Waals surface area contributed by atoms with Gasteiger partial charge in [-0.1, -0.05) is 48.5 Å². The van der Waals surface area contributed by atoms with Gasteiger partial charge in [0.1, 0.15) is 28.8 Å². The molecule has 4 rings (SSSR count). The normalized spacial score (nSPS) is 11.8. The first-order valence-electron chi connectivity index (χ1n) is 12.2. The summed E-state index contributed by atoms with van der Waals surface area (Å²) in [5.41, 5.74) is 0.780. The molecule has 0 fully saturated rings. The van der Waals surface area contributed by atoms with E-state index in [0.717, 1.165) is 24.0 Å². The molecule has 38 heavy (non-hydrogen) atoms. The third-order valence-corrected chi connectivity index (χ3v) is 6.60. The van der Waals surface area contributed by atoms with Crippen LogP contribution in [0.25, 0.3) is 10.8 Å². The Morgan fingerprint density at radius 2 is 1.18 bits per heavy atom. The summed E-state index contributed by atoms with van der Waals surface area (Å²) in [6.07, 6.45) is -0.774. The SMILES string of the molecule is C=CCCc1ccc(CCc2ccc3c(F)c(CCc4cc(F)c(C(F)(F)F)c(F)c4)ccc3c2)c(F)c1. The molecule has 0 saturated carbocycles. The maximum absolute atomic E-state index is 15.2. The van der Waals surface area contributed by atoms with Crippen LogP contribution in [-0.4, -0.2) is 0 Å². The summed E-state index contributed by atoms with van der Waals surface area (Å²) in [5.74, 6) is -4.14. The van der Waals surface area contributed by atoms with E-state index in [0.29, 0.717) is 41.3 Å². The molecule has 0 nitrogen and oxygen atoms in total. The van der Waals surface area contributed by atoms with Gasteiger partial charge in [0.15, 0.2) is 0 Å². The number of fused-ring (bicyclic) bond motifs is 1. The summed E-state index contributed by atoms with van der Waals surface area (Å²) in [6.45, 7) is 3.67. The molecular weight excluding hydrogens is 505 g/mol. The smallest absolute Gasteiger partial charge is 0.207 e. The number of aryl methyl sites for hydroxylation is 5. The standard InChI is InChI=1S/C31H25F7/c1-2-3-4-19-5-9-22(26(32)16-19)10-6-20-8-14-25-24(15-20)13-12-23(30(25)35)11-7-21-17-27(33)29(28(34)18-21)31(36,37)38/h2,5,8-9,12-18H,1,3-4,6-7,10-11H2. The maximum Gasteiger partial charge on any atom is 0.422 e. The van der Waals surface area contributed by atoms with E-state index in [1.54, 1.807) is 42.5 Å². The Hall–Kier alpha value is -3.61. The minimum absolute atomic E-state index is 0.00353. The zero-order valence-corrected chi connectivity index (χ0v) is 20.4. The Morgan fingerprint density at radius 1 is 0.605 bits per heavy atom. The van der Waals surface area contributed by atoms with Crippen molar-refractivity contribution in [2.24, 2.45) is 0 Å². The van der Waals surface area contributed by atoms with Crippen molar-refractivity contribution in [3.63, 3.8) is 0 Å². The van der Waals surface area contributed by atoms with Gasteiger partial charge in [-0.15, -0.1) is 6.58 Å². The molecule has 0 aliphatic rings. The van der Waals surface area contributed by atoms with Crippen LogP contribution in [0.2, 0.25) is 0 Å². The predicted molar refractivity (Wildman–Crippen MR) is 135 cm³/mol. The van der Waals surface area contributed by atoms with E-state index in [4.69, 9.17) is 0 Å². The second kappa shape index (κ2) is 11.4. The molecule has 0 spiro atoms. The van der Waals surface area contributed by atoms with Crippen LogP contribution in [0.5, 0.6) is 0 Å². The number of hydrogen-bond donors (Lipinski definition) is 0. The van der Waals surface area contributed by atoms with Gasteiger partial charge in [-0.05, 0) is 89.9 Å². The fourth-order valence-electron chi connectivity index (χ4n) is 4.55. The number of alkyl halides is 3. The lowest BCUT2D eigenvalue weighted by Crippen LogP contribution is -2.12. The molecule has 0 bridgehead atoms. The monoisotopic (exact) mass is 530 g/mol. The maximum atomic E-state index is 15.2. The second-order valence-electron chi connectivity index (χ2n) is 9.28. The molecule has 7 heteroatoms. The van der Waals surface area contributed by atoms with E-state index in [1.165, 1.54) is 0 Å². The van der Waals surface area contributed by atoms with Crippen molar-refractivity contribution in [1.29, 1.82) is 0 Å². The van der Waals surface area contributed by atoms with Gasteiger partial charge in [-0.3, -0.25) is 0 Å². The van der Waals surface area contributed by atoms with Crippen LogP contribution in [0.15, 0.2) is 73.3 Å². The van der Waals surface area contributed by atoms with Crippen molar-refractivity contribution < 1.29 is 30.7 Å². The van der Waals surface area contributed by atoms with Crippen molar-refractivity contribution >= 4 is 10.8 Å². The number of allylic oxidation sites excluding steroid dienone is 1. The predicted octanol–water partition coefficient (Wildman–Crippen LogP) is 9.10. The molecule has 0 aliphatic heterocycles. The number of benzene rings is 4. The first-order valence-corrected chi connectivity index (χ1v) is 12.2. The molecule has 0 aliphatic carbocycles. The molecule has 0 aromatic heterocycles. The van der Waals surface area contributed by atoms with E-state index < -0.39 is 29.2 Å². The summed E-state index contributed by atoms with van der Waals surface area (Å²) in [5, 5.41) is 1.00. The minimum Gasteiger partial charge on any atom is -0.207 e. The van der Waals surface area contributed by atoms with E-state index >= 15 is 4.39 Å². The lowest BCUT2D eigenvalue weighted by atomic mass is 9.96. The van der Waals surface area contributed by atoms with Gasteiger partial charge < -0.3 is 0 Å². The third-order valence-electron chi connectivity index (χ3n) is 6.60. The molecule has 0 amide bonds. The van der Waals surface area contributed by atoms with Gasteiger partial charge in [0, 0.05) is 5.39 Å². The van der Waals surface area contributed by atoms with Gasteiger partial charge >= 0.3 is 6.18 Å². The van der Waals surface area contributed by atoms with Crippen LogP contribution in [-0.2, 0) is 38.3 Å². The molecule has 0 radical (unpaired) electrons. The molecule has 4 aromatic carbocycles. The zero-order valence-electron chi connectivity index (χ0n) is 20.4. The van der Waals surface area contributed by atoms with Gasteiger partial charge in [0.2, 0.25) is 0 Å². The van der Waals surface area contributed by atoms with Crippen LogP contribution in [0.3, 0.4) is 0 Å². The fourth-order valence-corrected chi connectivity index (χ4v) is 4.55. The van der Waals surface area contributed by atoms with Crippen LogP contribution in [0, 0.1) is 23.3 Å². The highest BCUT2D eigenvalue weighted by molar-refractivity contribution is 5.84. The number of halogens is 7. The third kappa shape index (κ3) is 6.26. The highest BCUT2D eigenvalue weighted by Gasteiger charge is 2.37. The van der Waals surface area contributed by atoms with Crippen LogP contribution in [0.4, 0.5) is 30.7 Å². The Bertz CT molecular complexity index is 1440. The molecule has 0 saturated heterocycles. The highest BCUT2D eigenvalue weighted by atomic mass is 19.4. The van der Waals surface area contributed by atoms with Gasteiger partial charge in [0.05, 0.1) is 0 Å². The molecule has 0 unspecified atom stereocenters. The lowest BCUT2D eigenvalue weighted by Gasteiger charge is -2.12. The topological polar surface area (TPSA) is 0 Å². The van der Waals surface area contributed by atoms with Gasteiger partial charge in [-0.25, -0.2) is 17.6 Å². The molecule has 0 heterocycles. The summed E-state index contributed by atoms with van der Waals surface area (Å²) in [7, 11) is 0. The number of rotatable bonds is 9.